The quantitative estimate of drug-likeness (QED) is 0.697. The fourth-order valence-electron chi connectivity index (χ4n) is 3.40. The highest BCUT2D eigenvalue weighted by atomic mass is 16.5. The van der Waals surface area contributed by atoms with Crippen LogP contribution in [0.5, 0.6) is 0 Å². The summed E-state index contributed by atoms with van der Waals surface area (Å²) in [5.41, 5.74) is 3.61. The van der Waals surface area contributed by atoms with Gasteiger partial charge in [-0.1, -0.05) is 37.3 Å². The zero-order chi connectivity index (χ0) is 21.0. The number of ether oxygens (including phenoxy) is 1. The van der Waals surface area contributed by atoms with Crippen LogP contribution in [0, 0.1) is 18.8 Å². The molecule has 152 valence electrons. The van der Waals surface area contributed by atoms with Gasteiger partial charge in [0.2, 0.25) is 11.8 Å². The lowest BCUT2D eigenvalue weighted by molar-refractivity contribution is -0.122. The number of esters is 1. The third-order valence-electron chi connectivity index (χ3n) is 5.13. The third-order valence-corrected chi connectivity index (χ3v) is 5.13. The van der Waals surface area contributed by atoms with Crippen LogP contribution in [0.3, 0.4) is 0 Å². The molecule has 0 aliphatic heterocycles. The van der Waals surface area contributed by atoms with Crippen molar-refractivity contribution in [2.45, 2.75) is 33.6 Å². The van der Waals surface area contributed by atoms with E-state index < -0.39 is 11.9 Å². The van der Waals surface area contributed by atoms with E-state index in [9.17, 15) is 14.4 Å². The number of amides is 2. The van der Waals surface area contributed by atoms with E-state index >= 15 is 0 Å². The molecule has 0 heterocycles. The molecule has 1 saturated carbocycles. The Labute approximate surface area is 170 Å². The average molecular weight is 394 g/mol. The summed E-state index contributed by atoms with van der Waals surface area (Å²) >= 11 is 0. The maximum Gasteiger partial charge on any atom is 0.340 e. The van der Waals surface area contributed by atoms with Crippen molar-refractivity contribution in [3.8, 4) is 0 Å². The molecule has 2 aromatic carbocycles. The molecule has 6 nitrogen and oxygen atoms in total. The van der Waals surface area contributed by atoms with E-state index in [2.05, 4.69) is 10.6 Å². The summed E-state index contributed by atoms with van der Waals surface area (Å²) in [6, 6.07) is 12.6. The minimum absolute atomic E-state index is 0.146. The molecule has 2 amide bonds. The van der Waals surface area contributed by atoms with E-state index in [4.69, 9.17) is 4.74 Å². The maximum atomic E-state index is 12.7. The van der Waals surface area contributed by atoms with Crippen molar-refractivity contribution >= 4 is 29.2 Å². The van der Waals surface area contributed by atoms with Gasteiger partial charge < -0.3 is 15.4 Å². The molecule has 3 rings (SSSR count). The topological polar surface area (TPSA) is 84.5 Å². The number of para-hydroxylation sites is 2. The molecular weight excluding hydrogens is 368 g/mol. The van der Waals surface area contributed by atoms with E-state index in [0.717, 1.165) is 23.2 Å². The fraction of sp³-hybridized carbons (Fsp3) is 0.348. The predicted octanol–water partition coefficient (Wildman–Crippen LogP) is 3.95. The average Bonchev–Trinajstić information content (AvgIpc) is 3.51. The summed E-state index contributed by atoms with van der Waals surface area (Å²) in [6.45, 7) is 5.98. The number of benzene rings is 2. The van der Waals surface area contributed by atoms with Crippen LogP contribution in [0.25, 0.3) is 0 Å². The largest absolute Gasteiger partial charge is 0.462 e. The first-order valence-corrected chi connectivity index (χ1v) is 9.92. The minimum Gasteiger partial charge on any atom is -0.462 e. The molecule has 0 saturated heterocycles. The lowest BCUT2D eigenvalue weighted by Gasteiger charge is -2.13. The van der Waals surface area contributed by atoms with Crippen molar-refractivity contribution in [2.75, 3.05) is 17.2 Å². The number of aryl methyl sites for hydroxylation is 2. The van der Waals surface area contributed by atoms with Gasteiger partial charge in [-0.05, 0) is 49.9 Å². The van der Waals surface area contributed by atoms with Crippen LogP contribution in [0.1, 0.15) is 41.8 Å². The van der Waals surface area contributed by atoms with Crippen molar-refractivity contribution in [1.82, 2.24) is 0 Å². The standard InChI is InChI=1S/C23H26N2O4/c1-4-15-10-8-9-14(3)20(15)25-22(27)18-13-17(18)21(26)24-19-12-7-6-11-16(19)23(28)29-5-2/h6-12,17-18H,4-5,13H2,1-3H3,(H,24,26)(H,25,27). The summed E-state index contributed by atoms with van der Waals surface area (Å²) in [6.07, 6.45) is 1.31. The highest BCUT2D eigenvalue weighted by Crippen LogP contribution is 2.41. The van der Waals surface area contributed by atoms with Crippen LogP contribution >= 0.6 is 0 Å². The number of nitrogens with one attached hydrogen (secondary N) is 2. The second kappa shape index (κ2) is 8.90. The number of hydrogen-bond donors (Lipinski definition) is 2. The predicted molar refractivity (Wildman–Crippen MR) is 112 cm³/mol. The molecule has 2 N–H and O–H groups in total. The summed E-state index contributed by atoms with van der Waals surface area (Å²) in [4.78, 5) is 37.3. The van der Waals surface area contributed by atoms with E-state index in [1.165, 1.54) is 0 Å². The zero-order valence-electron chi connectivity index (χ0n) is 17.0. The first-order valence-electron chi connectivity index (χ1n) is 9.92. The zero-order valence-corrected chi connectivity index (χ0v) is 17.0. The lowest BCUT2D eigenvalue weighted by Crippen LogP contribution is -2.22. The second-order valence-electron chi connectivity index (χ2n) is 7.16. The first-order chi connectivity index (χ1) is 14.0. The van der Waals surface area contributed by atoms with Crippen molar-refractivity contribution in [3.05, 3.63) is 59.2 Å². The normalized spacial score (nSPS) is 17.3. The number of carbonyl (C=O) groups is 3. The number of carbonyl (C=O) groups excluding carboxylic acids is 3. The molecule has 0 radical (unpaired) electrons. The second-order valence-corrected chi connectivity index (χ2v) is 7.16. The van der Waals surface area contributed by atoms with Crippen molar-refractivity contribution in [2.24, 2.45) is 11.8 Å². The molecule has 0 aromatic heterocycles. The van der Waals surface area contributed by atoms with Crippen LogP contribution in [-0.2, 0) is 20.7 Å². The monoisotopic (exact) mass is 394 g/mol. The Bertz CT molecular complexity index is 938. The lowest BCUT2D eigenvalue weighted by atomic mass is 10.1. The van der Waals surface area contributed by atoms with Crippen LogP contribution < -0.4 is 10.6 Å². The van der Waals surface area contributed by atoms with Gasteiger partial charge in [0, 0.05) is 5.69 Å². The van der Waals surface area contributed by atoms with Gasteiger partial charge in [-0.3, -0.25) is 9.59 Å². The number of anilines is 2. The van der Waals surface area contributed by atoms with Gasteiger partial charge in [0.1, 0.15) is 0 Å². The molecule has 2 aromatic rings. The fourth-order valence-corrected chi connectivity index (χ4v) is 3.40. The van der Waals surface area contributed by atoms with Crippen molar-refractivity contribution in [3.63, 3.8) is 0 Å². The van der Waals surface area contributed by atoms with Crippen LogP contribution in [0.2, 0.25) is 0 Å². The molecular formula is C23H26N2O4. The molecule has 2 unspecified atom stereocenters. The highest BCUT2D eigenvalue weighted by Gasteiger charge is 2.48. The van der Waals surface area contributed by atoms with Gasteiger partial charge in [-0.2, -0.15) is 0 Å². The Hall–Kier alpha value is -3.15. The molecule has 2 atom stereocenters. The van der Waals surface area contributed by atoms with Gasteiger partial charge in [-0.15, -0.1) is 0 Å². The molecule has 29 heavy (non-hydrogen) atoms. The van der Waals surface area contributed by atoms with Crippen molar-refractivity contribution in [1.29, 1.82) is 0 Å². The third kappa shape index (κ3) is 4.65. The van der Waals surface area contributed by atoms with Crippen LogP contribution in [-0.4, -0.2) is 24.4 Å². The van der Waals surface area contributed by atoms with Crippen molar-refractivity contribution < 1.29 is 19.1 Å². The first kappa shape index (κ1) is 20.6. The molecule has 1 aliphatic rings. The summed E-state index contributed by atoms with van der Waals surface area (Å²) in [5, 5.41) is 5.77. The summed E-state index contributed by atoms with van der Waals surface area (Å²) in [5.74, 6) is -1.66. The Kier molecular flexibility index (Phi) is 6.32. The van der Waals surface area contributed by atoms with Gasteiger partial charge in [-0.25, -0.2) is 4.79 Å². The molecule has 6 heteroatoms. The minimum atomic E-state index is -0.486. The van der Waals surface area contributed by atoms with Gasteiger partial charge >= 0.3 is 5.97 Å². The SMILES string of the molecule is CCOC(=O)c1ccccc1NC(=O)C1CC1C(=O)Nc1c(C)cccc1CC. The van der Waals surface area contributed by atoms with E-state index in [-0.39, 0.29) is 24.3 Å². The Balaban J connectivity index is 1.65. The van der Waals surface area contributed by atoms with Gasteiger partial charge in [0.05, 0.1) is 29.7 Å². The summed E-state index contributed by atoms with van der Waals surface area (Å²) in [7, 11) is 0. The highest BCUT2D eigenvalue weighted by molar-refractivity contribution is 6.06. The van der Waals surface area contributed by atoms with Crippen LogP contribution in [0.4, 0.5) is 11.4 Å². The molecule has 1 aliphatic carbocycles. The van der Waals surface area contributed by atoms with E-state index in [1.54, 1.807) is 31.2 Å². The molecule has 1 fully saturated rings. The van der Waals surface area contributed by atoms with Crippen LogP contribution in [0.15, 0.2) is 42.5 Å². The molecule has 0 bridgehead atoms. The van der Waals surface area contributed by atoms with E-state index in [1.807, 2.05) is 32.0 Å². The maximum absolute atomic E-state index is 12.7. The van der Waals surface area contributed by atoms with E-state index in [0.29, 0.717) is 17.7 Å². The van der Waals surface area contributed by atoms with Gasteiger partial charge in [0.25, 0.3) is 0 Å². The Morgan fingerprint density at radius 2 is 1.66 bits per heavy atom. The summed E-state index contributed by atoms with van der Waals surface area (Å²) < 4.78 is 5.03. The smallest absolute Gasteiger partial charge is 0.340 e. The number of hydrogen-bond acceptors (Lipinski definition) is 4. The Morgan fingerprint density at radius 1 is 0.966 bits per heavy atom. The van der Waals surface area contributed by atoms with Gasteiger partial charge in [0.15, 0.2) is 0 Å². The number of rotatable bonds is 7. The molecule has 0 spiro atoms. The Morgan fingerprint density at radius 3 is 2.34 bits per heavy atom.